The number of sulfone groups is 1. The average molecular weight is 289 g/mol. The van der Waals surface area contributed by atoms with Crippen LogP contribution in [0.1, 0.15) is 12.8 Å². The van der Waals surface area contributed by atoms with E-state index in [0.29, 0.717) is 25.9 Å². The zero-order chi connectivity index (χ0) is 14.0. The Morgan fingerprint density at radius 3 is 2.68 bits per heavy atom. The zero-order valence-corrected chi connectivity index (χ0v) is 12.2. The molecule has 2 aliphatic heterocycles. The monoisotopic (exact) mass is 289 g/mol. The van der Waals surface area contributed by atoms with Crippen LogP contribution in [0.3, 0.4) is 0 Å². The molecule has 0 aromatic carbocycles. The van der Waals surface area contributed by atoms with E-state index < -0.39 is 9.84 Å². The number of carbonyl (C=O) groups is 1. The minimum atomic E-state index is -2.90. The lowest BCUT2D eigenvalue weighted by atomic mass is 10.0. The van der Waals surface area contributed by atoms with Gasteiger partial charge in [0, 0.05) is 32.6 Å². The highest BCUT2D eigenvalue weighted by molar-refractivity contribution is 7.91. The first-order chi connectivity index (χ1) is 8.91. The summed E-state index contributed by atoms with van der Waals surface area (Å²) in [5.41, 5.74) is 5.73. The van der Waals surface area contributed by atoms with Crippen molar-refractivity contribution in [2.24, 2.45) is 11.7 Å². The predicted molar refractivity (Wildman–Crippen MR) is 73.4 cm³/mol. The van der Waals surface area contributed by atoms with Crippen LogP contribution < -0.4 is 5.73 Å². The Hall–Kier alpha value is -0.660. The van der Waals surface area contributed by atoms with Crippen LogP contribution in [-0.2, 0) is 14.6 Å². The van der Waals surface area contributed by atoms with Crippen LogP contribution in [0.5, 0.6) is 0 Å². The van der Waals surface area contributed by atoms with Crippen LogP contribution in [0, 0.1) is 5.92 Å². The lowest BCUT2D eigenvalue weighted by molar-refractivity contribution is -0.136. The van der Waals surface area contributed by atoms with Crippen molar-refractivity contribution in [3.63, 3.8) is 0 Å². The normalized spacial score (nSPS) is 31.6. The highest BCUT2D eigenvalue weighted by Crippen LogP contribution is 2.23. The van der Waals surface area contributed by atoms with Gasteiger partial charge in [-0.2, -0.15) is 0 Å². The van der Waals surface area contributed by atoms with E-state index in [-0.39, 0.29) is 29.4 Å². The molecule has 0 saturated carbocycles. The van der Waals surface area contributed by atoms with Crippen molar-refractivity contribution in [1.29, 1.82) is 0 Å². The van der Waals surface area contributed by atoms with Gasteiger partial charge in [0.05, 0.1) is 17.5 Å². The zero-order valence-electron chi connectivity index (χ0n) is 11.4. The number of nitrogens with two attached hydrogens (primary N) is 1. The van der Waals surface area contributed by atoms with Crippen molar-refractivity contribution in [3.05, 3.63) is 0 Å². The fourth-order valence-electron chi connectivity index (χ4n) is 2.94. The van der Waals surface area contributed by atoms with Crippen LogP contribution in [0.4, 0.5) is 0 Å². The number of rotatable bonds is 3. The molecular formula is C12H23N3O3S. The number of likely N-dealkylation sites (N-methyl/N-ethyl adjacent to an activating group) is 1. The first-order valence-corrected chi connectivity index (χ1v) is 8.62. The van der Waals surface area contributed by atoms with E-state index in [4.69, 9.17) is 5.73 Å². The highest BCUT2D eigenvalue weighted by atomic mass is 32.2. The maximum atomic E-state index is 12.3. The van der Waals surface area contributed by atoms with E-state index in [9.17, 15) is 13.2 Å². The van der Waals surface area contributed by atoms with Gasteiger partial charge in [0.15, 0.2) is 9.84 Å². The van der Waals surface area contributed by atoms with Gasteiger partial charge in [-0.05, 0) is 19.4 Å². The molecule has 7 heteroatoms. The van der Waals surface area contributed by atoms with Crippen LogP contribution >= 0.6 is 0 Å². The minimum Gasteiger partial charge on any atom is -0.336 e. The van der Waals surface area contributed by atoms with Gasteiger partial charge in [-0.3, -0.25) is 4.79 Å². The molecule has 2 atom stereocenters. The Balaban J connectivity index is 1.92. The maximum Gasteiger partial charge on any atom is 0.223 e. The van der Waals surface area contributed by atoms with Gasteiger partial charge in [0.2, 0.25) is 5.91 Å². The molecule has 2 rings (SSSR count). The Labute approximate surface area is 114 Å². The van der Waals surface area contributed by atoms with E-state index in [1.54, 1.807) is 0 Å². The maximum absolute atomic E-state index is 12.3. The van der Waals surface area contributed by atoms with E-state index in [2.05, 4.69) is 4.90 Å². The Kier molecular flexibility index (Phi) is 4.47. The Morgan fingerprint density at radius 1 is 1.37 bits per heavy atom. The SMILES string of the molecule is CN1CCN(C(=O)CC2CCS(=O)(=O)C2)C(CN)C1. The van der Waals surface area contributed by atoms with E-state index in [0.717, 1.165) is 13.1 Å². The fourth-order valence-corrected chi connectivity index (χ4v) is 4.80. The molecule has 0 aromatic heterocycles. The molecule has 2 saturated heterocycles. The smallest absolute Gasteiger partial charge is 0.223 e. The summed E-state index contributed by atoms with van der Waals surface area (Å²) < 4.78 is 22.8. The standard InChI is InChI=1S/C12H23N3O3S/c1-14-3-4-15(11(7-13)8-14)12(16)6-10-2-5-19(17,18)9-10/h10-11H,2-9,13H2,1H3. The third-order valence-corrected chi connectivity index (χ3v) is 5.91. The van der Waals surface area contributed by atoms with E-state index >= 15 is 0 Å². The number of hydrogen-bond acceptors (Lipinski definition) is 5. The molecule has 2 unspecified atom stereocenters. The van der Waals surface area contributed by atoms with Crippen molar-refractivity contribution in [3.8, 4) is 0 Å². The van der Waals surface area contributed by atoms with Gasteiger partial charge < -0.3 is 15.5 Å². The molecule has 2 heterocycles. The summed E-state index contributed by atoms with van der Waals surface area (Å²) in [6.07, 6.45) is 0.967. The molecule has 2 N–H and O–H groups in total. The summed E-state index contributed by atoms with van der Waals surface area (Å²) in [5, 5.41) is 0. The Bertz CT molecular complexity index is 438. The second kappa shape index (κ2) is 5.76. The van der Waals surface area contributed by atoms with Gasteiger partial charge in [-0.1, -0.05) is 0 Å². The Morgan fingerprint density at radius 2 is 2.11 bits per heavy atom. The summed E-state index contributed by atoms with van der Waals surface area (Å²) in [4.78, 5) is 16.3. The molecule has 19 heavy (non-hydrogen) atoms. The number of hydrogen-bond donors (Lipinski definition) is 1. The van der Waals surface area contributed by atoms with Crippen molar-refractivity contribution >= 4 is 15.7 Å². The van der Waals surface area contributed by atoms with Gasteiger partial charge >= 0.3 is 0 Å². The number of amides is 1. The van der Waals surface area contributed by atoms with Crippen LogP contribution in [0.15, 0.2) is 0 Å². The molecule has 0 bridgehead atoms. The van der Waals surface area contributed by atoms with Gasteiger partial charge in [0.25, 0.3) is 0 Å². The first-order valence-electron chi connectivity index (χ1n) is 6.80. The van der Waals surface area contributed by atoms with Crippen molar-refractivity contribution in [2.75, 3.05) is 44.7 Å². The molecule has 2 fully saturated rings. The second-order valence-electron chi connectivity index (χ2n) is 5.71. The second-order valence-corrected chi connectivity index (χ2v) is 7.94. The van der Waals surface area contributed by atoms with Crippen LogP contribution in [0.25, 0.3) is 0 Å². The van der Waals surface area contributed by atoms with E-state index in [1.807, 2.05) is 11.9 Å². The third-order valence-electron chi connectivity index (χ3n) is 4.07. The lowest BCUT2D eigenvalue weighted by Gasteiger charge is -2.40. The number of nitrogens with zero attached hydrogens (tertiary/aromatic N) is 2. The van der Waals surface area contributed by atoms with Gasteiger partial charge in [-0.15, -0.1) is 0 Å². The van der Waals surface area contributed by atoms with Crippen molar-refractivity contribution in [2.45, 2.75) is 18.9 Å². The third kappa shape index (κ3) is 3.67. The van der Waals surface area contributed by atoms with Gasteiger partial charge in [-0.25, -0.2) is 8.42 Å². The predicted octanol–water partition coefficient (Wildman–Crippen LogP) is -1.09. The summed E-state index contributed by atoms with van der Waals surface area (Å²) in [5.74, 6) is 0.453. The highest BCUT2D eigenvalue weighted by Gasteiger charge is 2.33. The summed E-state index contributed by atoms with van der Waals surface area (Å²) in [7, 11) is -0.881. The summed E-state index contributed by atoms with van der Waals surface area (Å²) >= 11 is 0. The molecule has 0 aromatic rings. The minimum absolute atomic E-state index is 0.00409. The molecule has 6 nitrogen and oxygen atoms in total. The van der Waals surface area contributed by atoms with Crippen LogP contribution in [0.2, 0.25) is 0 Å². The van der Waals surface area contributed by atoms with E-state index in [1.165, 1.54) is 0 Å². The van der Waals surface area contributed by atoms with Crippen molar-refractivity contribution < 1.29 is 13.2 Å². The largest absolute Gasteiger partial charge is 0.336 e. The quantitative estimate of drug-likeness (QED) is 0.714. The molecule has 110 valence electrons. The summed E-state index contributed by atoms with van der Waals surface area (Å²) in [6, 6.07) is 0.0595. The molecular weight excluding hydrogens is 266 g/mol. The molecule has 0 radical (unpaired) electrons. The average Bonchev–Trinajstić information content (AvgIpc) is 2.68. The molecule has 0 aliphatic carbocycles. The summed E-state index contributed by atoms with van der Waals surface area (Å²) in [6.45, 7) is 2.80. The molecule has 2 aliphatic rings. The molecule has 1 amide bonds. The van der Waals surface area contributed by atoms with Gasteiger partial charge in [0.1, 0.15) is 0 Å². The number of piperazine rings is 1. The topological polar surface area (TPSA) is 83.7 Å². The fraction of sp³-hybridized carbons (Fsp3) is 0.917. The first kappa shape index (κ1) is 14.7. The number of carbonyl (C=O) groups excluding carboxylic acids is 1. The lowest BCUT2D eigenvalue weighted by Crippen LogP contribution is -2.57. The van der Waals surface area contributed by atoms with Crippen molar-refractivity contribution in [1.82, 2.24) is 9.80 Å². The van der Waals surface area contributed by atoms with Crippen LogP contribution in [-0.4, -0.2) is 74.9 Å². The molecule has 0 spiro atoms.